The van der Waals surface area contributed by atoms with Gasteiger partial charge in [-0.25, -0.2) is 0 Å². The Labute approximate surface area is 88.3 Å². The number of carbonyl (C=O) groups excluding carboxylic acids is 1. The molecule has 0 bridgehead atoms. The molecule has 0 heterocycles. The van der Waals surface area contributed by atoms with E-state index in [4.69, 9.17) is 9.84 Å². The standard InChI is InChI=1S/C9H16N2O4/c1-4-5-7(15-3)10-9(13)8(11-14)6(2)12/h4,6-8,12H,1,5H2,2-3H3,(H,10,13)/t6-,7?,8+/m1/s1. The second-order valence-corrected chi connectivity index (χ2v) is 3.05. The average molecular weight is 216 g/mol. The predicted octanol–water partition coefficient (Wildman–Crippen LogP) is 0.167. The van der Waals surface area contributed by atoms with Gasteiger partial charge in [0, 0.05) is 13.5 Å². The first-order valence-electron chi connectivity index (χ1n) is 4.51. The summed E-state index contributed by atoms with van der Waals surface area (Å²) in [6.07, 6.45) is 0.301. The van der Waals surface area contributed by atoms with E-state index < -0.39 is 24.3 Å². The molecule has 6 nitrogen and oxygen atoms in total. The van der Waals surface area contributed by atoms with Crippen molar-refractivity contribution in [1.82, 2.24) is 5.32 Å². The fraction of sp³-hybridized carbons (Fsp3) is 0.667. The summed E-state index contributed by atoms with van der Waals surface area (Å²) >= 11 is 0. The van der Waals surface area contributed by atoms with Crippen LogP contribution in [0.5, 0.6) is 0 Å². The number of aliphatic hydroxyl groups is 1. The maximum absolute atomic E-state index is 11.4. The first-order chi connectivity index (χ1) is 7.06. The van der Waals surface area contributed by atoms with Gasteiger partial charge in [-0.05, 0) is 6.92 Å². The third-order valence-corrected chi connectivity index (χ3v) is 1.81. The molecule has 86 valence electrons. The maximum atomic E-state index is 11.4. The molecule has 0 saturated carbocycles. The number of nitrogens with zero attached hydrogens (tertiary/aromatic N) is 1. The Balaban J connectivity index is 4.30. The number of hydrogen-bond donors (Lipinski definition) is 2. The largest absolute Gasteiger partial charge is 0.390 e. The molecular formula is C9H16N2O4. The van der Waals surface area contributed by atoms with Crippen molar-refractivity contribution in [1.29, 1.82) is 0 Å². The van der Waals surface area contributed by atoms with Crippen LogP contribution in [0.4, 0.5) is 0 Å². The molecule has 3 atom stereocenters. The Hall–Kier alpha value is -1.27. The lowest BCUT2D eigenvalue weighted by Crippen LogP contribution is -2.45. The van der Waals surface area contributed by atoms with Crippen LogP contribution in [0.15, 0.2) is 17.8 Å². The van der Waals surface area contributed by atoms with Gasteiger partial charge in [-0.1, -0.05) is 11.3 Å². The van der Waals surface area contributed by atoms with Crippen molar-refractivity contribution < 1.29 is 14.6 Å². The number of nitrogens with one attached hydrogen (secondary N) is 1. The van der Waals surface area contributed by atoms with Crippen molar-refractivity contribution in [2.45, 2.75) is 31.7 Å². The molecule has 6 heteroatoms. The van der Waals surface area contributed by atoms with Crippen molar-refractivity contribution in [3.05, 3.63) is 17.6 Å². The van der Waals surface area contributed by atoms with Crippen LogP contribution in [-0.2, 0) is 9.53 Å². The third-order valence-electron chi connectivity index (χ3n) is 1.81. The van der Waals surface area contributed by atoms with E-state index in [0.29, 0.717) is 6.42 Å². The molecule has 0 rings (SSSR count). The molecule has 1 amide bonds. The highest BCUT2D eigenvalue weighted by Crippen LogP contribution is 2.01. The molecule has 1 unspecified atom stereocenters. The quantitative estimate of drug-likeness (QED) is 0.360. The Morgan fingerprint density at radius 1 is 1.73 bits per heavy atom. The first kappa shape index (κ1) is 13.7. The molecular weight excluding hydrogens is 200 g/mol. The van der Waals surface area contributed by atoms with Gasteiger partial charge in [0.05, 0.1) is 6.10 Å². The predicted molar refractivity (Wildman–Crippen MR) is 55.0 cm³/mol. The van der Waals surface area contributed by atoms with Gasteiger partial charge >= 0.3 is 0 Å². The highest BCUT2D eigenvalue weighted by atomic mass is 16.5. The summed E-state index contributed by atoms with van der Waals surface area (Å²) in [5.74, 6) is -0.659. The zero-order valence-electron chi connectivity index (χ0n) is 8.84. The molecule has 15 heavy (non-hydrogen) atoms. The molecule has 0 aromatic carbocycles. The van der Waals surface area contributed by atoms with E-state index in [2.05, 4.69) is 17.1 Å². The summed E-state index contributed by atoms with van der Waals surface area (Å²) in [6, 6.07) is -1.31. The van der Waals surface area contributed by atoms with E-state index in [1.807, 2.05) is 0 Å². The fourth-order valence-electron chi connectivity index (χ4n) is 0.965. The SMILES string of the molecule is C=CCC(NC(=O)[C@@H](N=O)[C@@H](C)O)OC. The molecule has 0 aromatic rings. The van der Waals surface area contributed by atoms with Gasteiger partial charge in [0.25, 0.3) is 5.91 Å². The number of hydrogen-bond acceptors (Lipinski definition) is 5. The van der Waals surface area contributed by atoms with Crippen LogP contribution < -0.4 is 5.32 Å². The third kappa shape index (κ3) is 4.66. The smallest absolute Gasteiger partial charge is 0.253 e. The minimum absolute atomic E-state index is 0.410. The lowest BCUT2D eigenvalue weighted by molar-refractivity contribution is -0.128. The second kappa shape index (κ2) is 7.08. The van der Waals surface area contributed by atoms with E-state index >= 15 is 0 Å². The molecule has 0 aliphatic heterocycles. The van der Waals surface area contributed by atoms with E-state index in [1.165, 1.54) is 14.0 Å². The lowest BCUT2D eigenvalue weighted by atomic mass is 10.2. The Morgan fingerprint density at radius 3 is 2.67 bits per heavy atom. The van der Waals surface area contributed by atoms with Crippen molar-refractivity contribution in [3.8, 4) is 0 Å². The zero-order valence-corrected chi connectivity index (χ0v) is 8.84. The highest BCUT2D eigenvalue weighted by Gasteiger charge is 2.26. The fourth-order valence-corrected chi connectivity index (χ4v) is 0.965. The summed E-state index contributed by atoms with van der Waals surface area (Å²) in [5, 5.41) is 14.0. The number of carbonyl (C=O) groups is 1. The first-order valence-corrected chi connectivity index (χ1v) is 4.51. The number of nitroso groups, excluding NO2 is 1. The van der Waals surface area contributed by atoms with Crippen LogP contribution in [-0.4, -0.2) is 36.5 Å². The van der Waals surface area contributed by atoms with Gasteiger partial charge in [0.1, 0.15) is 6.23 Å². The van der Waals surface area contributed by atoms with Crippen LogP contribution in [0, 0.1) is 4.91 Å². The van der Waals surface area contributed by atoms with E-state index in [-0.39, 0.29) is 0 Å². The van der Waals surface area contributed by atoms with Crippen LogP contribution in [0.1, 0.15) is 13.3 Å². The number of aliphatic hydroxyl groups excluding tert-OH is 1. The topological polar surface area (TPSA) is 88.0 Å². The molecule has 0 saturated heterocycles. The van der Waals surface area contributed by atoms with Crippen LogP contribution in [0.3, 0.4) is 0 Å². The summed E-state index contributed by atoms with van der Waals surface area (Å²) in [5.41, 5.74) is 0. The Bertz CT molecular complexity index is 230. The van der Waals surface area contributed by atoms with Crippen molar-refractivity contribution >= 4 is 5.91 Å². The normalized spacial score (nSPS) is 16.2. The molecule has 0 aliphatic rings. The minimum Gasteiger partial charge on any atom is -0.390 e. The molecule has 0 fully saturated rings. The van der Waals surface area contributed by atoms with Crippen molar-refractivity contribution in [2.24, 2.45) is 5.18 Å². The summed E-state index contributed by atoms with van der Waals surface area (Å²) in [6.45, 7) is 4.81. The van der Waals surface area contributed by atoms with Crippen LogP contribution >= 0.6 is 0 Å². The van der Waals surface area contributed by atoms with Crippen LogP contribution in [0.25, 0.3) is 0 Å². The average Bonchev–Trinajstić information content (AvgIpc) is 2.17. The minimum atomic E-state index is -1.31. The van der Waals surface area contributed by atoms with Gasteiger partial charge in [-0.3, -0.25) is 4.79 Å². The second-order valence-electron chi connectivity index (χ2n) is 3.05. The van der Waals surface area contributed by atoms with E-state index in [1.54, 1.807) is 6.08 Å². The molecule has 0 spiro atoms. The Kier molecular flexibility index (Phi) is 6.48. The Morgan fingerprint density at radius 2 is 2.33 bits per heavy atom. The summed E-state index contributed by atoms with van der Waals surface area (Å²) in [7, 11) is 1.42. The van der Waals surface area contributed by atoms with E-state index in [9.17, 15) is 9.70 Å². The zero-order chi connectivity index (χ0) is 11.8. The number of amides is 1. The molecule has 0 radical (unpaired) electrons. The van der Waals surface area contributed by atoms with Crippen molar-refractivity contribution in [3.63, 3.8) is 0 Å². The van der Waals surface area contributed by atoms with Gasteiger partial charge in [0.2, 0.25) is 0 Å². The van der Waals surface area contributed by atoms with Crippen LogP contribution in [0.2, 0.25) is 0 Å². The maximum Gasteiger partial charge on any atom is 0.253 e. The summed E-state index contributed by atoms with van der Waals surface area (Å²) in [4.78, 5) is 21.7. The molecule has 0 aromatic heterocycles. The number of rotatable bonds is 7. The monoisotopic (exact) mass is 216 g/mol. The van der Waals surface area contributed by atoms with E-state index in [0.717, 1.165) is 0 Å². The lowest BCUT2D eigenvalue weighted by Gasteiger charge is -2.18. The number of ether oxygens (including phenoxy) is 1. The van der Waals surface area contributed by atoms with Gasteiger partial charge in [-0.2, -0.15) is 0 Å². The number of methoxy groups -OCH3 is 1. The van der Waals surface area contributed by atoms with Gasteiger partial charge < -0.3 is 15.2 Å². The molecule has 2 N–H and O–H groups in total. The van der Waals surface area contributed by atoms with Crippen molar-refractivity contribution in [2.75, 3.05) is 7.11 Å². The summed E-state index contributed by atoms with van der Waals surface area (Å²) < 4.78 is 4.91. The molecule has 0 aliphatic carbocycles. The van der Waals surface area contributed by atoms with Gasteiger partial charge in [-0.15, -0.1) is 11.5 Å². The van der Waals surface area contributed by atoms with Gasteiger partial charge in [0.15, 0.2) is 6.04 Å². The highest BCUT2D eigenvalue weighted by molar-refractivity contribution is 5.82.